The molecular formula is C14H22ClNO. The Morgan fingerprint density at radius 3 is 2.59 bits per heavy atom. The van der Waals surface area contributed by atoms with Gasteiger partial charge < -0.3 is 10.5 Å². The molecule has 0 amide bonds. The standard InChI is InChI=1S/C14H21NO.ClH/c1-4-5-9-13(15)12-8-6-7-10-14(12)16-11(2)3;/h4,6-8,10-11,13H,1,5,9,15H2,2-3H3;1H/t13-;/m0./s1. The van der Waals surface area contributed by atoms with E-state index in [1.165, 1.54) is 0 Å². The zero-order valence-corrected chi connectivity index (χ0v) is 11.4. The van der Waals surface area contributed by atoms with Gasteiger partial charge in [-0.05, 0) is 32.8 Å². The highest BCUT2D eigenvalue weighted by molar-refractivity contribution is 5.85. The van der Waals surface area contributed by atoms with Gasteiger partial charge in [0.25, 0.3) is 0 Å². The van der Waals surface area contributed by atoms with Gasteiger partial charge in [0.2, 0.25) is 0 Å². The Morgan fingerprint density at radius 2 is 2.00 bits per heavy atom. The largest absolute Gasteiger partial charge is 0.491 e. The third-order valence-electron chi connectivity index (χ3n) is 2.36. The minimum Gasteiger partial charge on any atom is -0.491 e. The van der Waals surface area contributed by atoms with Gasteiger partial charge in [-0.15, -0.1) is 19.0 Å². The molecule has 2 N–H and O–H groups in total. The molecule has 1 aromatic carbocycles. The van der Waals surface area contributed by atoms with Crippen molar-refractivity contribution in [3.05, 3.63) is 42.5 Å². The third-order valence-corrected chi connectivity index (χ3v) is 2.36. The van der Waals surface area contributed by atoms with Gasteiger partial charge in [-0.3, -0.25) is 0 Å². The fourth-order valence-electron chi connectivity index (χ4n) is 1.60. The molecule has 0 saturated carbocycles. The topological polar surface area (TPSA) is 35.2 Å². The van der Waals surface area contributed by atoms with Crippen molar-refractivity contribution in [3.8, 4) is 5.75 Å². The van der Waals surface area contributed by atoms with Crippen LogP contribution in [0, 0.1) is 0 Å². The second-order valence-corrected chi connectivity index (χ2v) is 4.18. The number of para-hydroxylation sites is 1. The SMILES string of the molecule is C=CCC[C@H](N)c1ccccc1OC(C)C.Cl. The van der Waals surface area contributed by atoms with E-state index < -0.39 is 0 Å². The van der Waals surface area contributed by atoms with E-state index in [-0.39, 0.29) is 24.6 Å². The van der Waals surface area contributed by atoms with Gasteiger partial charge in [-0.2, -0.15) is 0 Å². The molecule has 3 heteroatoms. The highest BCUT2D eigenvalue weighted by Gasteiger charge is 2.11. The van der Waals surface area contributed by atoms with Gasteiger partial charge in [0.1, 0.15) is 5.75 Å². The van der Waals surface area contributed by atoms with E-state index in [0.717, 1.165) is 24.2 Å². The summed E-state index contributed by atoms with van der Waals surface area (Å²) >= 11 is 0. The van der Waals surface area contributed by atoms with Crippen LogP contribution in [0.4, 0.5) is 0 Å². The molecule has 1 rings (SSSR count). The summed E-state index contributed by atoms with van der Waals surface area (Å²) in [7, 11) is 0. The summed E-state index contributed by atoms with van der Waals surface area (Å²) in [6.07, 6.45) is 3.90. The summed E-state index contributed by atoms with van der Waals surface area (Å²) in [6, 6.07) is 8.00. The molecule has 96 valence electrons. The van der Waals surface area contributed by atoms with E-state index >= 15 is 0 Å². The molecule has 1 aromatic rings. The van der Waals surface area contributed by atoms with Gasteiger partial charge in [-0.1, -0.05) is 24.3 Å². The first-order valence-corrected chi connectivity index (χ1v) is 5.77. The van der Waals surface area contributed by atoms with Crippen molar-refractivity contribution in [2.24, 2.45) is 5.73 Å². The van der Waals surface area contributed by atoms with Crippen LogP contribution in [0.2, 0.25) is 0 Å². The lowest BCUT2D eigenvalue weighted by atomic mass is 10.0. The number of rotatable bonds is 6. The smallest absolute Gasteiger partial charge is 0.124 e. The van der Waals surface area contributed by atoms with Crippen LogP contribution in [0.1, 0.15) is 38.3 Å². The Balaban J connectivity index is 0.00000256. The van der Waals surface area contributed by atoms with E-state index in [0.29, 0.717) is 0 Å². The van der Waals surface area contributed by atoms with E-state index in [1.54, 1.807) is 0 Å². The first-order chi connectivity index (χ1) is 7.65. The van der Waals surface area contributed by atoms with E-state index in [1.807, 2.05) is 44.2 Å². The van der Waals surface area contributed by atoms with Crippen LogP contribution in [0.25, 0.3) is 0 Å². The number of hydrogen-bond acceptors (Lipinski definition) is 2. The first kappa shape index (κ1) is 16.0. The maximum absolute atomic E-state index is 6.13. The van der Waals surface area contributed by atoms with Crippen molar-refractivity contribution in [2.45, 2.75) is 38.8 Å². The van der Waals surface area contributed by atoms with Crippen molar-refractivity contribution in [1.82, 2.24) is 0 Å². The Morgan fingerprint density at radius 1 is 1.35 bits per heavy atom. The molecule has 17 heavy (non-hydrogen) atoms. The predicted octanol–water partition coefficient (Wildman–Crippen LogP) is 3.86. The van der Waals surface area contributed by atoms with Crippen LogP contribution in [0.3, 0.4) is 0 Å². The minimum atomic E-state index is 0. The van der Waals surface area contributed by atoms with Gasteiger partial charge in [0.15, 0.2) is 0 Å². The molecule has 0 spiro atoms. The number of allylic oxidation sites excluding steroid dienone is 1. The fraction of sp³-hybridized carbons (Fsp3) is 0.429. The molecule has 2 nitrogen and oxygen atoms in total. The molecule has 0 aromatic heterocycles. The van der Waals surface area contributed by atoms with Crippen molar-refractivity contribution in [2.75, 3.05) is 0 Å². The molecule has 0 aliphatic rings. The van der Waals surface area contributed by atoms with Crippen molar-refractivity contribution < 1.29 is 4.74 Å². The molecular weight excluding hydrogens is 234 g/mol. The molecule has 0 heterocycles. The number of ether oxygens (including phenoxy) is 1. The van der Waals surface area contributed by atoms with E-state index in [2.05, 4.69) is 6.58 Å². The Bertz CT molecular complexity index is 339. The fourth-order valence-corrected chi connectivity index (χ4v) is 1.60. The van der Waals surface area contributed by atoms with Gasteiger partial charge in [-0.25, -0.2) is 0 Å². The summed E-state index contributed by atoms with van der Waals surface area (Å²) in [4.78, 5) is 0. The Hall–Kier alpha value is -0.990. The van der Waals surface area contributed by atoms with Crippen LogP contribution in [0.5, 0.6) is 5.75 Å². The van der Waals surface area contributed by atoms with Crippen molar-refractivity contribution in [3.63, 3.8) is 0 Å². The Labute approximate surface area is 110 Å². The quantitative estimate of drug-likeness (QED) is 0.784. The summed E-state index contributed by atoms with van der Waals surface area (Å²) in [5.74, 6) is 0.897. The van der Waals surface area contributed by atoms with Crippen LogP contribution in [-0.2, 0) is 0 Å². The number of halogens is 1. The number of nitrogens with two attached hydrogens (primary N) is 1. The summed E-state index contributed by atoms with van der Waals surface area (Å²) in [5, 5.41) is 0. The van der Waals surface area contributed by atoms with Gasteiger partial charge in [0, 0.05) is 11.6 Å². The normalized spacial score (nSPS) is 11.8. The van der Waals surface area contributed by atoms with E-state index in [4.69, 9.17) is 10.5 Å². The molecule has 0 unspecified atom stereocenters. The Kier molecular flexibility index (Phi) is 7.68. The van der Waals surface area contributed by atoms with Crippen LogP contribution in [-0.4, -0.2) is 6.10 Å². The molecule has 0 aliphatic heterocycles. The highest BCUT2D eigenvalue weighted by Crippen LogP contribution is 2.27. The third kappa shape index (κ3) is 5.24. The molecule has 0 fully saturated rings. The average molecular weight is 256 g/mol. The molecule has 1 atom stereocenters. The lowest BCUT2D eigenvalue weighted by Crippen LogP contribution is -2.14. The molecule has 0 radical (unpaired) electrons. The van der Waals surface area contributed by atoms with Crippen molar-refractivity contribution in [1.29, 1.82) is 0 Å². The predicted molar refractivity (Wildman–Crippen MR) is 75.8 cm³/mol. The van der Waals surface area contributed by atoms with Crippen LogP contribution in [0.15, 0.2) is 36.9 Å². The van der Waals surface area contributed by atoms with Crippen LogP contribution < -0.4 is 10.5 Å². The maximum Gasteiger partial charge on any atom is 0.124 e. The second-order valence-electron chi connectivity index (χ2n) is 4.18. The molecule has 0 bridgehead atoms. The maximum atomic E-state index is 6.13. The zero-order chi connectivity index (χ0) is 12.0. The van der Waals surface area contributed by atoms with E-state index in [9.17, 15) is 0 Å². The molecule has 0 aliphatic carbocycles. The number of hydrogen-bond donors (Lipinski definition) is 1. The average Bonchev–Trinajstić information content (AvgIpc) is 2.26. The lowest BCUT2D eigenvalue weighted by Gasteiger charge is -2.18. The van der Waals surface area contributed by atoms with Crippen LogP contribution >= 0.6 is 12.4 Å². The minimum absolute atomic E-state index is 0. The van der Waals surface area contributed by atoms with Gasteiger partial charge in [0.05, 0.1) is 6.10 Å². The second kappa shape index (κ2) is 8.15. The number of benzene rings is 1. The monoisotopic (exact) mass is 255 g/mol. The summed E-state index contributed by atoms with van der Waals surface area (Å²) in [6.45, 7) is 7.75. The first-order valence-electron chi connectivity index (χ1n) is 5.77. The van der Waals surface area contributed by atoms with Gasteiger partial charge >= 0.3 is 0 Å². The summed E-state index contributed by atoms with van der Waals surface area (Å²) in [5.41, 5.74) is 7.21. The van der Waals surface area contributed by atoms with Crippen molar-refractivity contribution >= 4 is 12.4 Å². The summed E-state index contributed by atoms with van der Waals surface area (Å²) < 4.78 is 5.74. The lowest BCUT2D eigenvalue weighted by molar-refractivity contribution is 0.238. The highest BCUT2D eigenvalue weighted by atomic mass is 35.5. The molecule has 0 saturated heterocycles. The zero-order valence-electron chi connectivity index (χ0n) is 10.6.